The summed E-state index contributed by atoms with van der Waals surface area (Å²) in [5.74, 6) is 0.698. The Kier molecular flexibility index (Phi) is 6.35. The number of benzene rings is 1. The van der Waals surface area contributed by atoms with Crippen molar-refractivity contribution in [2.24, 2.45) is 5.41 Å². The highest BCUT2D eigenvalue weighted by Gasteiger charge is 2.10. The number of rotatable bonds is 7. The normalized spacial score (nSPS) is 11.4. The maximum Gasteiger partial charge on any atom is 0.488 e. The highest BCUT2D eigenvalue weighted by molar-refractivity contribution is 6.58. The van der Waals surface area contributed by atoms with Crippen LogP contribution in [0.3, 0.4) is 0 Å². The van der Waals surface area contributed by atoms with Gasteiger partial charge in [0.25, 0.3) is 0 Å². The van der Waals surface area contributed by atoms with Crippen molar-refractivity contribution in [3.05, 3.63) is 24.3 Å². The minimum absolute atomic E-state index is 0.293. The van der Waals surface area contributed by atoms with Gasteiger partial charge < -0.3 is 19.5 Å². The van der Waals surface area contributed by atoms with Crippen molar-refractivity contribution in [1.82, 2.24) is 0 Å². The van der Waals surface area contributed by atoms with Crippen LogP contribution in [-0.2, 0) is 4.74 Å². The van der Waals surface area contributed by atoms with Gasteiger partial charge in [0.1, 0.15) is 12.4 Å². The van der Waals surface area contributed by atoms with Crippen LogP contribution in [0.15, 0.2) is 24.3 Å². The maximum atomic E-state index is 8.95. The molecule has 1 aromatic rings. The molecule has 0 aliphatic heterocycles. The summed E-state index contributed by atoms with van der Waals surface area (Å²) < 4.78 is 11.0. The molecule has 0 atom stereocenters. The third kappa shape index (κ3) is 7.20. The highest BCUT2D eigenvalue weighted by atomic mass is 16.5. The molecule has 0 saturated carbocycles. The minimum Gasteiger partial charge on any atom is -0.491 e. The molecular formula is C14H23BO4. The zero-order valence-corrected chi connectivity index (χ0v) is 11.9. The summed E-state index contributed by atoms with van der Waals surface area (Å²) in [5, 5.41) is 17.9. The Balaban J connectivity index is 2.16. The average Bonchev–Trinajstić information content (AvgIpc) is 2.33. The van der Waals surface area contributed by atoms with Gasteiger partial charge in [-0.05, 0) is 29.4 Å². The average molecular weight is 266 g/mol. The first-order chi connectivity index (χ1) is 8.88. The molecule has 4 nitrogen and oxygen atoms in total. The summed E-state index contributed by atoms with van der Waals surface area (Å²) in [6.45, 7) is 8.34. The molecule has 0 saturated heterocycles. The molecule has 0 aromatic heterocycles. The van der Waals surface area contributed by atoms with Crippen LogP contribution >= 0.6 is 0 Å². The fourth-order valence-corrected chi connectivity index (χ4v) is 1.44. The number of hydrogen-bond acceptors (Lipinski definition) is 4. The van der Waals surface area contributed by atoms with Crippen LogP contribution in [0, 0.1) is 5.41 Å². The van der Waals surface area contributed by atoms with E-state index in [-0.39, 0.29) is 0 Å². The van der Waals surface area contributed by atoms with E-state index >= 15 is 0 Å². The molecule has 1 aromatic carbocycles. The van der Waals surface area contributed by atoms with E-state index in [2.05, 4.69) is 20.8 Å². The highest BCUT2D eigenvalue weighted by Crippen LogP contribution is 2.17. The third-order valence-corrected chi connectivity index (χ3v) is 2.67. The summed E-state index contributed by atoms with van der Waals surface area (Å²) in [4.78, 5) is 0. The summed E-state index contributed by atoms with van der Waals surface area (Å²) in [6.07, 6.45) is 1.02. The lowest BCUT2D eigenvalue weighted by Gasteiger charge is -2.17. The topological polar surface area (TPSA) is 58.9 Å². The van der Waals surface area contributed by atoms with Crippen molar-refractivity contribution in [3.63, 3.8) is 0 Å². The van der Waals surface area contributed by atoms with E-state index in [0.29, 0.717) is 29.8 Å². The van der Waals surface area contributed by atoms with Crippen LogP contribution in [0.2, 0.25) is 0 Å². The first kappa shape index (κ1) is 16.0. The number of hydrogen-bond donors (Lipinski definition) is 2. The zero-order chi connectivity index (χ0) is 14.3. The van der Waals surface area contributed by atoms with Gasteiger partial charge in [0.2, 0.25) is 0 Å². The van der Waals surface area contributed by atoms with Crippen LogP contribution in [0.4, 0.5) is 0 Å². The molecule has 0 aliphatic rings. The van der Waals surface area contributed by atoms with Gasteiger partial charge in [-0.25, -0.2) is 0 Å². The molecule has 0 unspecified atom stereocenters. The van der Waals surface area contributed by atoms with Gasteiger partial charge in [-0.15, -0.1) is 0 Å². The fraction of sp³-hybridized carbons (Fsp3) is 0.571. The molecule has 106 valence electrons. The monoisotopic (exact) mass is 266 g/mol. The lowest BCUT2D eigenvalue weighted by atomic mass is 9.80. The summed E-state index contributed by atoms with van der Waals surface area (Å²) in [7, 11) is -1.44. The Morgan fingerprint density at radius 2 is 1.63 bits per heavy atom. The minimum atomic E-state index is -1.44. The van der Waals surface area contributed by atoms with E-state index in [1.165, 1.54) is 0 Å². The molecule has 1 rings (SSSR count). The second kappa shape index (κ2) is 7.53. The van der Waals surface area contributed by atoms with Gasteiger partial charge in [-0.2, -0.15) is 0 Å². The molecule has 2 N–H and O–H groups in total. The lowest BCUT2D eigenvalue weighted by Crippen LogP contribution is -2.29. The van der Waals surface area contributed by atoms with Crippen molar-refractivity contribution < 1.29 is 19.5 Å². The Morgan fingerprint density at radius 1 is 1.00 bits per heavy atom. The first-order valence-corrected chi connectivity index (χ1v) is 6.55. The Labute approximate surface area is 115 Å². The molecule has 0 aliphatic carbocycles. The maximum absolute atomic E-state index is 8.95. The smallest absolute Gasteiger partial charge is 0.488 e. The SMILES string of the molecule is CC(C)(C)CCOCCOc1ccc(B(O)O)cc1. The lowest BCUT2D eigenvalue weighted by molar-refractivity contribution is 0.0819. The fourth-order valence-electron chi connectivity index (χ4n) is 1.44. The second-order valence-corrected chi connectivity index (χ2v) is 5.71. The van der Waals surface area contributed by atoms with E-state index in [1.54, 1.807) is 24.3 Å². The second-order valence-electron chi connectivity index (χ2n) is 5.71. The van der Waals surface area contributed by atoms with E-state index in [1.807, 2.05) is 0 Å². The molecule has 19 heavy (non-hydrogen) atoms. The summed E-state index contributed by atoms with van der Waals surface area (Å²) in [5.41, 5.74) is 0.746. The molecule has 0 heterocycles. The van der Waals surface area contributed by atoms with Crippen LogP contribution in [0.25, 0.3) is 0 Å². The molecule has 0 amide bonds. The molecule has 5 heteroatoms. The molecule has 0 radical (unpaired) electrons. The molecule has 0 bridgehead atoms. The van der Waals surface area contributed by atoms with Crippen molar-refractivity contribution in [1.29, 1.82) is 0 Å². The Bertz CT molecular complexity index is 357. The van der Waals surface area contributed by atoms with Crippen molar-refractivity contribution in [2.45, 2.75) is 27.2 Å². The van der Waals surface area contributed by atoms with E-state index in [0.717, 1.165) is 13.0 Å². The van der Waals surface area contributed by atoms with Gasteiger partial charge >= 0.3 is 7.12 Å². The Hall–Kier alpha value is -1.04. The van der Waals surface area contributed by atoms with Gasteiger partial charge in [0.15, 0.2) is 0 Å². The zero-order valence-electron chi connectivity index (χ0n) is 11.9. The number of ether oxygens (including phenoxy) is 2. The quantitative estimate of drug-likeness (QED) is 0.575. The van der Waals surface area contributed by atoms with Gasteiger partial charge in [-0.1, -0.05) is 32.9 Å². The van der Waals surface area contributed by atoms with Crippen molar-refractivity contribution >= 4 is 12.6 Å². The predicted octanol–water partition coefficient (Wildman–Crippen LogP) is 1.20. The Morgan fingerprint density at radius 3 is 2.16 bits per heavy atom. The van der Waals surface area contributed by atoms with Gasteiger partial charge in [-0.3, -0.25) is 0 Å². The van der Waals surface area contributed by atoms with Gasteiger partial charge in [0, 0.05) is 6.61 Å². The summed E-state index contributed by atoms with van der Waals surface area (Å²) in [6, 6.07) is 6.68. The third-order valence-electron chi connectivity index (χ3n) is 2.67. The van der Waals surface area contributed by atoms with E-state index in [4.69, 9.17) is 19.5 Å². The molecule has 0 spiro atoms. The van der Waals surface area contributed by atoms with Crippen LogP contribution in [0.1, 0.15) is 27.2 Å². The molecule has 0 fully saturated rings. The standard InChI is InChI=1S/C14H23BO4/c1-14(2,3)8-9-18-10-11-19-13-6-4-12(5-7-13)15(16)17/h4-7,16-17H,8-11H2,1-3H3. The first-order valence-electron chi connectivity index (χ1n) is 6.55. The van der Waals surface area contributed by atoms with E-state index < -0.39 is 7.12 Å². The van der Waals surface area contributed by atoms with Crippen molar-refractivity contribution in [3.8, 4) is 5.75 Å². The van der Waals surface area contributed by atoms with Crippen LogP contribution in [-0.4, -0.2) is 37.0 Å². The van der Waals surface area contributed by atoms with Crippen molar-refractivity contribution in [2.75, 3.05) is 19.8 Å². The molecular weight excluding hydrogens is 243 g/mol. The van der Waals surface area contributed by atoms with E-state index in [9.17, 15) is 0 Å². The predicted molar refractivity (Wildman–Crippen MR) is 76.7 cm³/mol. The van der Waals surface area contributed by atoms with Crippen LogP contribution < -0.4 is 10.2 Å². The summed E-state index contributed by atoms with van der Waals surface area (Å²) >= 11 is 0. The largest absolute Gasteiger partial charge is 0.491 e. The van der Waals surface area contributed by atoms with Gasteiger partial charge in [0.05, 0.1) is 6.61 Å². The van der Waals surface area contributed by atoms with Crippen LogP contribution in [0.5, 0.6) is 5.75 Å².